The first-order chi connectivity index (χ1) is 12.8. The van der Waals surface area contributed by atoms with Crippen LogP contribution >= 0.6 is 0 Å². The van der Waals surface area contributed by atoms with E-state index in [1.165, 1.54) is 57.8 Å². The van der Waals surface area contributed by atoms with Crippen LogP contribution in [0, 0.1) is 0 Å². The van der Waals surface area contributed by atoms with Gasteiger partial charge in [0.1, 0.15) is 0 Å². The van der Waals surface area contributed by atoms with E-state index in [0.29, 0.717) is 17.9 Å². The quantitative estimate of drug-likeness (QED) is 0.148. The zero-order valence-electron chi connectivity index (χ0n) is 16.7. The SMILES string of the molecule is CCCCCC/C=C\CCCCCCCC(=O)Oc1ccccc1OC. The summed E-state index contributed by atoms with van der Waals surface area (Å²) in [4.78, 5) is 11.9. The molecular formula is C23H36O3. The highest BCUT2D eigenvalue weighted by Crippen LogP contribution is 2.26. The highest BCUT2D eigenvalue weighted by Gasteiger charge is 2.08. The predicted octanol–water partition coefficient (Wildman–Crippen LogP) is 6.86. The Kier molecular flexibility index (Phi) is 13.3. The predicted molar refractivity (Wildman–Crippen MR) is 109 cm³/mol. The number of carbonyl (C=O) groups is 1. The Bertz CT molecular complexity index is 508. The second-order valence-corrected chi connectivity index (χ2v) is 6.75. The zero-order valence-corrected chi connectivity index (χ0v) is 16.7. The molecule has 0 amide bonds. The summed E-state index contributed by atoms with van der Waals surface area (Å²) in [7, 11) is 1.58. The van der Waals surface area contributed by atoms with Crippen LogP contribution in [-0.4, -0.2) is 13.1 Å². The fraction of sp³-hybridized carbons (Fsp3) is 0.609. The van der Waals surface area contributed by atoms with Crippen molar-refractivity contribution in [2.24, 2.45) is 0 Å². The second-order valence-electron chi connectivity index (χ2n) is 6.75. The van der Waals surface area contributed by atoms with Crippen LogP contribution in [0.3, 0.4) is 0 Å². The first-order valence-corrected chi connectivity index (χ1v) is 10.3. The largest absolute Gasteiger partial charge is 0.493 e. The lowest BCUT2D eigenvalue weighted by atomic mass is 10.1. The molecule has 26 heavy (non-hydrogen) atoms. The van der Waals surface area contributed by atoms with Gasteiger partial charge in [0, 0.05) is 6.42 Å². The highest BCUT2D eigenvalue weighted by atomic mass is 16.6. The van der Waals surface area contributed by atoms with Crippen molar-refractivity contribution in [3.8, 4) is 11.5 Å². The summed E-state index contributed by atoms with van der Waals surface area (Å²) in [6.07, 6.45) is 18.6. The molecule has 0 radical (unpaired) electrons. The molecule has 3 nitrogen and oxygen atoms in total. The molecule has 0 unspecified atom stereocenters. The van der Waals surface area contributed by atoms with E-state index in [1.807, 2.05) is 12.1 Å². The summed E-state index contributed by atoms with van der Waals surface area (Å²) < 4.78 is 10.6. The minimum absolute atomic E-state index is 0.180. The number of benzene rings is 1. The summed E-state index contributed by atoms with van der Waals surface area (Å²) in [6.45, 7) is 2.25. The topological polar surface area (TPSA) is 35.5 Å². The number of allylic oxidation sites excluding steroid dienone is 2. The van der Waals surface area contributed by atoms with E-state index in [2.05, 4.69) is 19.1 Å². The maximum Gasteiger partial charge on any atom is 0.311 e. The number of esters is 1. The third kappa shape index (κ3) is 11.0. The van der Waals surface area contributed by atoms with Gasteiger partial charge in [-0.25, -0.2) is 0 Å². The van der Waals surface area contributed by atoms with Crippen molar-refractivity contribution in [2.75, 3.05) is 7.11 Å². The van der Waals surface area contributed by atoms with Crippen molar-refractivity contribution < 1.29 is 14.3 Å². The third-order valence-electron chi connectivity index (χ3n) is 4.44. The molecule has 0 N–H and O–H groups in total. The lowest BCUT2D eigenvalue weighted by molar-refractivity contribution is -0.134. The van der Waals surface area contributed by atoms with E-state index in [1.54, 1.807) is 19.2 Å². The van der Waals surface area contributed by atoms with Gasteiger partial charge in [0.25, 0.3) is 0 Å². The van der Waals surface area contributed by atoms with Gasteiger partial charge in [-0.2, -0.15) is 0 Å². The van der Waals surface area contributed by atoms with Crippen molar-refractivity contribution in [3.05, 3.63) is 36.4 Å². The van der Waals surface area contributed by atoms with Crippen LogP contribution in [0.15, 0.2) is 36.4 Å². The van der Waals surface area contributed by atoms with Gasteiger partial charge < -0.3 is 9.47 Å². The summed E-state index contributed by atoms with van der Waals surface area (Å²) >= 11 is 0. The van der Waals surface area contributed by atoms with Crippen LogP contribution in [0.1, 0.15) is 84.0 Å². The monoisotopic (exact) mass is 360 g/mol. The Morgan fingerprint density at radius 2 is 1.42 bits per heavy atom. The molecule has 1 aromatic rings. The standard InChI is InChI=1S/C23H36O3/c1-3-4-5-6-7-8-9-10-11-12-13-14-15-20-23(24)26-22-19-17-16-18-21(22)25-2/h8-9,16-19H,3-7,10-15,20H2,1-2H3/b9-8-. The maximum atomic E-state index is 11.9. The van der Waals surface area contributed by atoms with Crippen molar-refractivity contribution in [2.45, 2.75) is 84.0 Å². The van der Waals surface area contributed by atoms with Crippen LogP contribution in [-0.2, 0) is 4.79 Å². The third-order valence-corrected chi connectivity index (χ3v) is 4.44. The minimum Gasteiger partial charge on any atom is -0.493 e. The molecule has 0 saturated heterocycles. The summed E-state index contributed by atoms with van der Waals surface area (Å²) in [5.41, 5.74) is 0. The maximum absolute atomic E-state index is 11.9. The summed E-state index contributed by atoms with van der Waals surface area (Å²) in [6, 6.07) is 7.25. The molecule has 0 aliphatic rings. The number of hydrogen-bond donors (Lipinski definition) is 0. The molecule has 0 aliphatic heterocycles. The second kappa shape index (κ2) is 15.5. The normalized spacial score (nSPS) is 11.0. The number of methoxy groups -OCH3 is 1. The molecule has 0 atom stereocenters. The molecule has 1 rings (SSSR count). The summed E-state index contributed by atoms with van der Waals surface area (Å²) in [5.74, 6) is 0.918. The number of ether oxygens (including phenoxy) is 2. The van der Waals surface area contributed by atoms with Gasteiger partial charge in [-0.05, 0) is 44.2 Å². The summed E-state index contributed by atoms with van der Waals surface area (Å²) in [5, 5.41) is 0. The van der Waals surface area contributed by atoms with E-state index in [0.717, 1.165) is 12.8 Å². The number of carbonyl (C=O) groups excluding carboxylic acids is 1. The molecule has 146 valence electrons. The van der Waals surface area contributed by atoms with E-state index >= 15 is 0 Å². The van der Waals surface area contributed by atoms with Crippen molar-refractivity contribution in [3.63, 3.8) is 0 Å². The molecule has 0 fully saturated rings. The van der Waals surface area contributed by atoms with Crippen LogP contribution in [0.5, 0.6) is 11.5 Å². The smallest absolute Gasteiger partial charge is 0.311 e. The Balaban J connectivity index is 1.97. The van der Waals surface area contributed by atoms with Crippen molar-refractivity contribution in [1.29, 1.82) is 0 Å². The fourth-order valence-electron chi connectivity index (χ4n) is 2.86. The van der Waals surface area contributed by atoms with Crippen molar-refractivity contribution in [1.82, 2.24) is 0 Å². The fourth-order valence-corrected chi connectivity index (χ4v) is 2.86. The number of hydrogen-bond acceptors (Lipinski definition) is 3. The van der Waals surface area contributed by atoms with E-state index in [-0.39, 0.29) is 5.97 Å². The lowest BCUT2D eigenvalue weighted by Crippen LogP contribution is -2.08. The molecule has 1 aromatic carbocycles. The van der Waals surface area contributed by atoms with Gasteiger partial charge in [0.15, 0.2) is 11.5 Å². The van der Waals surface area contributed by atoms with E-state index < -0.39 is 0 Å². The first-order valence-electron chi connectivity index (χ1n) is 10.3. The van der Waals surface area contributed by atoms with Crippen LogP contribution in [0.2, 0.25) is 0 Å². The average molecular weight is 361 g/mol. The van der Waals surface area contributed by atoms with Crippen molar-refractivity contribution >= 4 is 5.97 Å². The van der Waals surface area contributed by atoms with Gasteiger partial charge >= 0.3 is 5.97 Å². The van der Waals surface area contributed by atoms with Gasteiger partial charge in [0.2, 0.25) is 0 Å². The number of rotatable bonds is 15. The van der Waals surface area contributed by atoms with Crippen LogP contribution in [0.4, 0.5) is 0 Å². The molecule has 0 bridgehead atoms. The van der Waals surface area contributed by atoms with Crippen LogP contribution in [0.25, 0.3) is 0 Å². The Morgan fingerprint density at radius 3 is 2.08 bits per heavy atom. The number of unbranched alkanes of at least 4 members (excludes halogenated alkanes) is 9. The molecule has 0 heterocycles. The molecular weight excluding hydrogens is 324 g/mol. The average Bonchev–Trinajstić information content (AvgIpc) is 2.66. The zero-order chi connectivity index (χ0) is 18.9. The van der Waals surface area contributed by atoms with Gasteiger partial charge in [-0.3, -0.25) is 4.79 Å². The minimum atomic E-state index is -0.180. The number of para-hydroxylation sites is 2. The molecule has 0 aliphatic carbocycles. The Labute approximate surface area is 159 Å². The Morgan fingerprint density at radius 1 is 0.846 bits per heavy atom. The van der Waals surface area contributed by atoms with Gasteiger partial charge in [-0.15, -0.1) is 0 Å². The Hall–Kier alpha value is -1.77. The first kappa shape index (κ1) is 22.3. The molecule has 0 aromatic heterocycles. The lowest BCUT2D eigenvalue weighted by Gasteiger charge is -2.08. The van der Waals surface area contributed by atoms with E-state index in [9.17, 15) is 4.79 Å². The molecule has 3 heteroatoms. The van der Waals surface area contributed by atoms with Gasteiger partial charge in [-0.1, -0.05) is 69.7 Å². The molecule has 0 spiro atoms. The highest BCUT2D eigenvalue weighted by molar-refractivity contribution is 5.73. The van der Waals surface area contributed by atoms with Gasteiger partial charge in [0.05, 0.1) is 7.11 Å². The van der Waals surface area contributed by atoms with Crippen LogP contribution < -0.4 is 9.47 Å². The molecule has 0 saturated carbocycles. The van der Waals surface area contributed by atoms with E-state index in [4.69, 9.17) is 9.47 Å².